The highest BCUT2D eigenvalue weighted by Crippen LogP contribution is 2.46. The minimum absolute atomic E-state index is 0.0758. The molecule has 0 bridgehead atoms. The molecule has 3 heteroatoms. The van der Waals surface area contributed by atoms with E-state index in [2.05, 4.69) is 13.8 Å². The highest BCUT2D eigenvalue weighted by molar-refractivity contribution is 5.84. The van der Waals surface area contributed by atoms with Gasteiger partial charge >= 0.3 is 0 Å². The molecule has 1 saturated heterocycles. The van der Waals surface area contributed by atoms with Gasteiger partial charge in [-0.25, -0.2) is 0 Å². The Labute approximate surface area is 79.3 Å². The van der Waals surface area contributed by atoms with Crippen LogP contribution in [-0.2, 0) is 4.79 Å². The second-order valence-electron chi connectivity index (χ2n) is 5.19. The summed E-state index contributed by atoms with van der Waals surface area (Å²) in [6.45, 7) is 6.68. The Balaban J connectivity index is 1.93. The van der Waals surface area contributed by atoms with Crippen molar-refractivity contribution in [3.63, 3.8) is 0 Å². The first-order chi connectivity index (χ1) is 6.03. The van der Waals surface area contributed by atoms with E-state index in [1.54, 1.807) is 0 Å². The molecule has 1 amide bonds. The minimum atomic E-state index is 0.0758. The molecule has 0 aromatic rings. The summed E-state index contributed by atoms with van der Waals surface area (Å²) < 4.78 is 0. The van der Waals surface area contributed by atoms with E-state index in [4.69, 9.17) is 5.73 Å². The van der Waals surface area contributed by atoms with E-state index in [1.165, 1.54) is 0 Å². The first-order valence-electron chi connectivity index (χ1n) is 5.02. The first kappa shape index (κ1) is 9.00. The van der Waals surface area contributed by atoms with E-state index >= 15 is 0 Å². The van der Waals surface area contributed by atoms with Crippen LogP contribution in [0.4, 0.5) is 0 Å². The number of nitrogens with zero attached hydrogens (tertiary/aromatic N) is 1. The van der Waals surface area contributed by atoms with Gasteiger partial charge in [0.25, 0.3) is 0 Å². The van der Waals surface area contributed by atoms with Gasteiger partial charge in [-0.1, -0.05) is 13.8 Å². The lowest BCUT2D eigenvalue weighted by atomic mass is 9.93. The number of piperidine rings is 1. The van der Waals surface area contributed by atoms with Crippen LogP contribution in [0.25, 0.3) is 0 Å². The summed E-state index contributed by atoms with van der Waals surface area (Å²) in [5, 5.41) is 0. The Morgan fingerprint density at radius 1 is 1.62 bits per heavy atom. The maximum absolute atomic E-state index is 11.6. The summed E-state index contributed by atoms with van der Waals surface area (Å²) in [4.78, 5) is 13.6. The fourth-order valence-corrected chi connectivity index (χ4v) is 2.08. The third kappa shape index (κ3) is 1.57. The largest absolute Gasteiger partial charge is 0.342 e. The molecule has 13 heavy (non-hydrogen) atoms. The summed E-state index contributed by atoms with van der Waals surface area (Å²) in [6, 6.07) is 0. The summed E-state index contributed by atoms with van der Waals surface area (Å²) in [5.74, 6) is 1.43. The van der Waals surface area contributed by atoms with Gasteiger partial charge < -0.3 is 10.6 Å². The van der Waals surface area contributed by atoms with Gasteiger partial charge in [0.1, 0.15) is 0 Å². The summed E-state index contributed by atoms with van der Waals surface area (Å²) in [6.07, 6.45) is 1.14. The molecule has 1 saturated carbocycles. The highest BCUT2D eigenvalue weighted by Gasteiger charge is 2.52. The number of nitrogens with two attached hydrogens (primary N) is 1. The van der Waals surface area contributed by atoms with Gasteiger partial charge in [0.2, 0.25) is 5.91 Å². The van der Waals surface area contributed by atoms with Crippen molar-refractivity contribution in [1.29, 1.82) is 0 Å². The van der Waals surface area contributed by atoms with Crippen molar-refractivity contribution in [2.75, 3.05) is 19.6 Å². The van der Waals surface area contributed by atoms with Crippen molar-refractivity contribution in [3.05, 3.63) is 0 Å². The van der Waals surface area contributed by atoms with Gasteiger partial charge in [0, 0.05) is 19.0 Å². The molecule has 74 valence electrons. The predicted molar refractivity (Wildman–Crippen MR) is 51.0 cm³/mol. The summed E-state index contributed by atoms with van der Waals surface area (Å²) >= 11 is 0. The average Bonchev–Trinajstić information content (AvgIpc) is 2.76. The number of carbonyl (C=O) groups excluding carboxylic acids is 1. The van der Waals surface area contributed by atoms with Crippen LogP contribution in [-0.4, -0.2) is 30.4 Å². The molecular weight excluding hydrogens is 164 g/mol. The maximum atomic E-state index is 11.6. The molecule has 1 heterocycles. The van der Waals surface area contributed by atoms with Crippen molar-refractivity contribution in [3.8, 4) is 0 Å². The smallest absolute Gasteiger partial charge is 0.226 e. The Kier molecular flexibility index (Phi) is 1.88. The zero-order valence-corrected chi connectivity index (χ0v) is 8.42. The molecular formula is C10H18N2O. The van der Waals surface area contributed by atoms with Gasteiger partial charge in [-0.05, 0) is 24.3 Å². The average molecular weight is 182 g/mol. The standard InChI is InChI=1S/C10H18N2O/c1-10(2,5-11)6-12-4-7-3-8(7)9(12)13/h7-8H,3-6,11H2,1-2H3. The van der Waals surface area contributed by atoms with E-state index in [-0.39, 0.29) is 5.41 Å². The zero-order valence-electron chi connectivity index (χ0n) is 8.42. The molecule has 1 aliphatic carbocycles. The molecule has 0 radical (unpaired) electrons. The van der Waals surface area contributed by atoms with Crippen LogP contribution >= 0.6 is 0 Å². The first-order valence-corrected chi connectivity index (χ1v) is 5.02. The van der Waals surface area contributed by atoms with Crippen LogP contribution in [0.2, 0.25) is 0 Å². The Hall–Kier alpha value is -0.570. The van der Waals surface area contributed by atoms with E-state index in [0.717, 1.165) is 19.5 Å². The quantitative estimate of drug-likeness (QED) is 0.689. The fraction of sp³-hybridized carbons (Fsp3) is 0.900. The highest BCUT2D eigenvalue weighted by atomic mass is 16.2. The van der Waals surface area contributed by atoms with E-state index in [1.807, 2.05) is 4.90 Å². The molecule has 2 aliphatic rings. The molecule has 2 atom stereocenters. The van der Waals surface area contributed by atoms with Crippen molar-refractivity contribution < 1.29 is 4.79 Å². The Bertz CT molecular complexity index is 237. The zero-order chi connectivity index (χ0) is 9.64. The molecule has 2 N–H and O–H groups in total. The Morgan fingerprint density at radius 2 is 2.31 bits per heavy atom. The second-order valence-corrected chi connectivity index (χ2v) is 5.19. The molecule has 2 unspecified atom stereocenters. The van der Waals surface area contributed by atoms with Gasteiger partial charge in [-0.15, -0.1) is 0 Å². The molecule has 3 nitrogen and oxygen atoms in total. The van der Waals surface area contributed by atoms with E-state index in [9.17, 15) is 4.79 Å². The number of amides is 1. The molecule has 1 aliphatic heterocycles. The molecule has 0 spiro atoms. The van der Waals surface area contributed by atoms with Crippen molar-refractivity contribution in [2.24, 2.45) is 23.0 Å². The number of carbonyl (C=O) groups is 1. The lowest BCUT2D eigenvalue weighted by Crippen LogP contribution is -2.40. The molecule has 2 rings (SSSR count). The second kappa shape index (κ2) is 2.71. The fourth-order valence-electron chi connectivity index (χ4n) is 2.08. The van der Waals surface area contributed by atoms with Gasteiger partial charge in [-0.3, -0.25) is 4.79 Å². The lowest BCUT2D eigenvalue weighted by Gasteiger charge is -2.29. The van der Waals surface area contributed by atoms with E-state index < -0.39 is 0 Å². The van der Waals surface area contributed by atoms with Crippen LogP contribution in [0, 0.1) is 17.3 Å². The van der Waals surface area contributed by atoms with Crippen molar-refractivity contribution >= 4 is 5.91 Å². The monoisotopic (exact) mass is 182 g/mol. The third-order valence-electron chi connectivity index (χ3n) is 3.18. The number of rotatable bonds is 3. The number of hydrogen-bond acceptors (Lipinski definition) is 2. The Morgan fingerprint density at radius 3 is 2.77 bits per heavy atom. The number of likely N-dealkylation sites (tertiary alicyclic amines) is 1. The van der Waals surface area contributed by atoms with Crippen LogP contribution < -0.4 is 5.73 Å². The van der Waals surface area contributed by atoms with Gasteiger partial charge in [-0.2, -0.15) is 0 Å². The number of hydrogen-bond donors (Lipinski definition) is 1. The minimum Gasteiger partial charge on any atom is -0.342 e. The topological polar surface area (TPSA) is 46.3 Å². The van der Waals surface area contributed by atoms with Gasteiger partial charge in [0.15, 0.2) is 0 Å². The van der Waals surface area contributed by atoms with Crippen LogP contribution in [0.1, 0.15) is 20.3 Å². The molecule has 2 fully saturated rings. The lowest BCUT2D eigenvalue weighted by molar-refractivity contribution is -0.131. The van der Waals surface area contributed by atoms with E-state index in [0.29, 0.717) is 24.3 Å². The number of fused-ring (bicyclic) bond motifs is 1. The van der Waals surface area contributed by atoms with Crippen LogP contribution in [0.3, 0.4) is 0 Å². The summed E-state index contributed by atoms with van der Waals surface area (Å²) in [5.41, 5.74) is 5.71. The van der Waals surface area contributed by atoms with Crippen molar-refractivity contribution in [2.45, 2.75) is 20.3 Å². The predicted octanol–water partition coefficient (Wildman–Crippen LogP) is 0.450. The van der Waals surface area contributed by atoms with Crippen LogP contribution in [0.5, 0.6) is 0 Å². The third-order valence-corrected chi connectivity index (χ3v) is 3.18. The SMILES string of the molecule is CC(C)(CN)CN1CC2CC2C1=O. The molecule has 0 aromatic heterocycles. The summed E-state index contributed by atoms with van der Waals surface area (Å²) in [7, 11) is 0. The van der Waals surface area contributed by atoms with Gasteiger partial charge in [0.05, 0.1) is 0 Å². The normalized spacial score (nSPS) is 32.2. The van der Waals surface area contributed by atoms with Crippen molar-refractivity contribution in [1.82, 2.24) is 4.90 Å². The molecule has 0 aromatic carbocycles. The maximum Gasteiger partial charge on any atom is 0.226 e. The van der Waals surface area contributed by atoms with Crippen LogP contribution in [0.15, 0.2) is 0 Å².